The smallest absolute Gasteiger partial charge is 0.315 e. The van der Waals surface area contributed by atoms with Gasteiger partial charge in [0.15, 0.2) is 5.78 Å². The molecular weight excluding hydrogens is 328 g/mol. The zero-order valence-electron chi connectivity index (χ0n) is 14.6. The Morgan fingerprint density at radius 1 is 1.12 bits per heavy atom. The summed E-state index contributed by atoms with van der Waals surface area (Å²) in [5, 5.41) is 10.7. The minimum absolute atomic E-state index is 0.205. The number of fused-ring (bicyclic) bond motifs is 1. The monoisotopic (exact) mass is 350 g/mol. The van der Waals surface area contributed by atoms with Gasteiger partial charge in [-0.05, 0) is 30.5 Å². The number of carbonyl (C=O) groups excluding carboxylic acids is 1. The standard InChI is InChI=1S/C21H22N2O3/c1-21(20(25)26,16-13-23-17-10-6-5-9-15(16)17)19(22)18(24)12-11-14-7-3-2-4-8-14/h2-10,13,19,23H,11-12,22H2,1H3,(H,25,26)/t19?,21-/m0/s1. The molecule has 5 nitrogen and oxygen atoms in total. The largest absolute Gasteiger partial charge is 0.481 e. The van der Waals surface area contributed by atoms with Gasteiger partial charge in [0.25, 0.3) is 0 Å². The maximum absolute atomic E-state index is 12.7. The van der Waals surface area contributed by atoms with Crippen LogP contribution in [0.3, 0.4) is 0 Å². The first-order chi connectivity index (χ1) is 12.4. The van der Waals surface area contributed by atoms with E-state index >= 15 is 0 Å². The number of nitrogens with two attached hydrogens (primary N) is 1. The lowest BCUT2D eigenvalue weighted by atomic mass is 9.73. The van der Waals surface area contributed by atoms with Crippen LogP contribution in [0, 0.1) is 0 Å². The van der Waals surface area contributed by atoms with Gasteiger partial charge >= 0.3 is 5.97 Å². The van der Waals surface area contributed by atoms with Gasteiger partial charge in [0.05, 0.1) is 6.04 Å². The van der Waals surface area contributed by atoms with Gasteiger partial charge in [-0.15, -0.1) is 0 Å². The number of aliphatic carboxylic acids is 1. The van der Waals surface area contributed by atoms with Crippen LogP contribution in [0.1, 0.15) is 24.5 Å². The molecule has 0 aliphatic rings. The number of ketones is 1. The lowest BCUT2D eigenvalue weighted by molar-refractivity contribution is -0.146. The molecule has 1 unspecified atom stereocenters. The summed E-state index contributed by atoms with van der Waals surface area (Å²) in [6.07, 6.45) is 2.39. The second-order valence-electron chi connectivity index (χ2n) is 6.69. The zero-order valence-corrected chi connectivity index (χ0v) is 14.6. The number of benzene rings is 2. The number of hydrogen-bond donors (Lipinski definition) is 3. The molecule has 3 rings (SSSR count). The average molecular weight is 350 g/mol. The van der Waals surface area contributed by atoms with Gasteiger partial charge in [-0.25, -0.2) is 0 Å². The van der Waals surface area contributed by atoms with E-state index in [-0.39, 0.29) is 12.2 Å². The van der Waals surface area contributed by atoms with E-state index in [0.29, 0.717) is 12.0 Å². The molecule has 134 valence electrons. The Hall–Kier alpha value is -2.92. The summed E-state index contributed by atoms with van der Waals surface area (Å²) < 4.78 is 0. The maximum atomic E-state index is 12.7. The SMILES string of the molecule is C[C@](C(=O)O)(c1c[nH]c2ccccc12)C(N)C(=O)CCc1ccccc1. The Morgan fingerprint density at radius 2 is 1.77 bits per heavy atom. The van der Waals surface area contributed by atoms with E-state index in [1.807, 2.05) is 54.6 Å². The molecule has 0 radical (unpaired) electrons. The minimum Gasteiger partial charge on any atom is -0.481 e. The Kier molecular flexibility index (Phi) is 4.91. The normalized spacial score (nSPS) is 14.7. The van der Waals surface area contributed by atoms with Crippen LogP contribution in [0.2, 0.25) is 0 Å². The van der Waals surface area contributed by atoms with Crippen molar-refractivity contribution in [3.8, 4) is 0 Å². The van der Waals surface area contributed by atoms with Crippen molar-refractivity contribution in [1.29, 1.82) is 0 Å². The molecular formula is C21H22N2O3. The van der Waals surface area contributed by atoms with Crippen molar-refractivity contribution in [2.24, 2.45) is 5.73 Å². The number of carbonyl (C=O) groups is 2. The molecule has 0 spiro atoms. The number of aromatic nitrogens is 1. The fourth-order valence-electron chi connectivity index (χ4n) is 3.31. The van der Waals surface area contributed by atoms with Gasteiger partial charge in [-0.3, -0.25) is 9.59 Å². The number of rotatable bonds is 7. The highest BCUT2D eigenvalue weighted by molar-refractivity contribution is 5.98. The molecule has 3 aromatic rings. The van der Waals surface area contributed by atoms with Crippen LogP contribution in [0.5, 0.6) is 0 Å². The van der Waals surface area contributed by atoms with E-state index in [1.54, 1.807) is 6.20 Å². The number of hydrogen-bond acceptors (Lipinski definition) is 3. The number of aryl methyl sites for hydroxylation is 1. The number of Topliss-reactive ketones (excluding diaryl/α,β-unsaturated/α-hetero) is 1. The summed E-state index contributed by atoms with van der Waals surface area (Å²) in [7, 11) is 0. The Bertz CT molecular complexity index is 933. The van der Waals surface area contributed by atoms with Crippen LogP contribution in [-0.4, -0.2) is 27.9 Å². The molecule has 0 aliphatic carbocycles. The Balaban J connectivity index is 1.88. The van der Waals surface area contributed by atoms with E-state index in [4.69, 9.17) is 5.73 Å². The van der Waals surface area contributed by atoms with Crippen molar-refractivity contribution in [1.82, 2.24) is 4.98 Å². The third-order valence-electron chi connectivity index (χ3n) is 5.06. The average Bonchev–Trinajstić information content (AvgIpc) is 3.10. The summed E-state index contributed by atoms with van der Waals surface area (Å²) in [5.41, 5.74) is 7.06. The molecule has 4 N–H and O–H groups in total. The molecule has 0 fully saturated rings. The van der Waals surface area contributed by atoms with Crippen molar-refractivity contribution in [3.63, 3.8) is 0 Å². The first-order valence-corrected chi connectivity index (χ1v) is 8.57. The topological polar surface area (TPSA) is 96.2 Å². The fourth-order valence-corrected chi connectivity index (χ4v) is 3.31. The zero-order chi connectivity index (χ0) is 18.7. The van der Waals surface area contributed by atoms with Gasteiger partial charge < -0.3 is 15.8 Å². The van der Waals surface area contributed by atoms with Crippen LogP contribution in [-0.2, 0) is 21.4 Å². The molecule has 0 amide bonds. The number of carboxylic acid groups (broad SMARTS) is 1. The number of nitrogens with one attached hydrogen (secondary N) is 1. The van der Waals surface area contributed by atoms with Gasteiger partial charge in [0, 0.05) is 23.5 Å². The number of carboxylic acids is 1. The van der Waals surface area contributed by atoms with Crippen molar-refractivity contribution in [3.05, 3.63) is 71.9 Å². The van der Waals surface area contributed by atoms with Crippen LogP contribution < -0.4 is 5.73 Å². The van der Waals surface area contributed by atoms with Crippen molar-refractivity contribution >= 4 is 22.7 Å². The number of para-hydroxylation sites is 1. The van der Waals surface area contributed by atoms with Crippen molar-refractivity contribution < 1.29 is 14.7 Å². The summed E-state index contributed by atoms with van der Waals surface area (Å²) >= 11 is 0. The van der Waals surface area contributed by atoms with Gasteiger partial charge in [-0.1, -0.05) is 48.5 Å². The lowest BCUT2D eigenvalue weighted by Gasteiger charge is -2.30. The molecule has 26 heavy (non-hydrogen) atoms. The third-order valence-corrected chi connectivity index (χ3v) is 5.06. The van der Waals surface area contributed by atoms with E-state index in [0.717, 1.165) is 16.5 Å². The third kappa shape index (κ3) is 3.13. The van der Waals surface area contributed by atoms with Crippen LogP contribution in [0.25, 0.3) is 10.9 Å². The maximum Gasteiger partial charge on any atom is 0.315 e. The minimum atomic E-state index is -1.51. The molecule has 5 heteroatoms. The van der Waals surface area contributed by atoms with Crippen LogP contribution >= 0.6 is 0 Å². The number of aromatic amines is 1. The predicted octanol–water partition coefficient (Wildman–Crippen LogP) is 3.04. The molecule has 1 heterocycles. The summed E-state index contributed by atoms with van der Waals surface area (Å²) in [6.45, 7) is 1.52. The molecule has 0 aliphatic heterocycles. The second kappa shape index (κ2) is 7.14. The Morgan fingerprint density at radius 3 is 2.46 bits per heavy atom. The molecule has 0 bridgehead atoms. The van der Waals surface area contributed by atoms with E-state index in [9.17, 15) is 14.7 Å². The predicted molar refractivity (Wildman–Crippen MR) is 101 cm³/mol. The fraction of sp³-hybridized carbons (Fsp3) is 0.238. The van der Waals surface area contributed by atoms with Gasteiger partial charge in [0.2, 0.25) is 0 Å². The van der Waals surface area contributed by atoms with Crippen LogP contribution in [0.15, 0.2) is 60.8 Å². The highest BCUT2D eigenvalue weighted by atomic mass is 16.4. The van der Waals surface area contributed by atoms with Gasteiger partial charge in [-0.2, -0.15) is 0 Å². The van der Waals surface area contributed by atoms with Gasteiger partial charge in [0.1, 0.15) is 5.41 Å². The number of H-pyrrole nitrogens is 1. The Labute approximate surface area is 151 Å². The second-order valence-corrected chi connectivity index (χ2v) is 6.69. The molecule has 1 aromatic heterocycles. The summed E-state index contributed by atoms with van der Waals surface area (Å²) in [5.74, 6) is -1.37. The first kappa shape index (κ1) is 17.9. The first-order valence-electron chi connectivity index (χ1n) is 8.57. The summed E-state index contributed by atoms with van der Waals surface area (Å²) in [4.78, 5) is 27.9. The van der Waals surface area contributed by atoms with Crippen LogP contribution in [0.4, 0.5) is 0 Å². The lowest BCUT2D eigenvalue weighted by Crippen LogP contribution is -2.53. The highest BCUT2D eigenvalue weighted by Crippen LogP contribution is 2.34. The van der Waals surface area contributed by atoms with Crippen molar-refractivity contribution in [2.45, 2.75) is 31.2 Å². The quantitative estimate of drug-likeness (QED) is 0.610. The van der Waals surface area contributed by atoms with E-state index < -0.39 is 17.4 Å². The summed E-state index contributed by atoms with van der Waals surface area (Å²) in [6, 6.07) is 15.9. The molecule has 0 saturated heterocycles. The van der Waals surface area contributed by atoms with Crippen molar-refractivity contribution in [2.75, 3.05) is 0 Å². The van der Waals surface area contributed by atoms with E-state index in [2.05, 4.69) is 4.98 Å². The molecule has 2 atom stereocenters. The van der Waals surface area contributed by atoms with E-state index in [1.165, 1.54) is 6.92 Å². The molecule has 0 saturated carbocycles. The highest BCUT2D eigenvalue weighted by Gasteiger charge is 2.46. The molecule has 2 aromatic carbocycles.